The van der Waals surface area contributed by atoms with E-state index in [1.807, 2.05) is 5.32 Å². The summed E-state index contributed by atoms with van der Waals surface area (Å²) < 4.78 is 85.6. The molecule has 11 heteroatoms. The molecule has 0 aromatic heterocycles. The standard InChI is InChI=1S/C20H18F6N2O3/c1-3-31-17(30)18(20(24,25)26,27-15-9-7-12(2)8-10-15)28-16(29)13-5-4-6-14(11-13)19(21,22)23/h4-11,27H,3H2,1-2H3,(H,28,29)/t18-/m0/s1. The molecule has 0 heterocycles. The van der Waals surface area contributed by atoms with Crippen molar-refractivity contribution in [2.24, 2.45) is 0 Å². The van der Waals surface area contributed by atoms with Gasteiger partial charge < -0.3 is 15.4 Å². The topological polar surface area (TPSA) is 67.4 Å². The molecular weight excluding hydrogens is 430 g/mol. The summed E-state index contributed by atoms with van der Waals surface area (Å²) in [6, 6.07) is 8.20. The third-order valence-electron chi connectivity index (χ3n) is 4.14. The van der Waals surface area contributed by atoms with Gasteiger partial charge in [-0.15, -0.1) is 0 Å². The molecule has 5 nitrogen and oxygen atoms in total. The van der Waals surface area contributed by atoms with Gasteiger partial charge in [0.15, 0.2) is 0 Å². The minimum Gasteiger partial charge on any atom is -0.463 e. The fourth-order valence-corrected chi connectivity index (χ4v) is 2.56. The number of nitrogens with one attached hydrogen (secondary N) is 2. The van der Waals surface area contributed by atoms with E-state index < -0.39 is 47.6 Å². The number of hydrogen-bond donors (Lipinski definition) is 2. The number of aryl methyl sites for hydroxylation is 1. The first-order valence-corrected chi connectivity index (χ1v) is 8.88. The van der Waals surface area contributed by atoms with Crippen LogP contribution in [0.1, 0.15) is 28.4 Å². The molecule has 0 aliphatic rings. The monoisotopic (exact) mass is 448 g/mol. The molecular formula is C20H18F6N2O3. The lowest BCUT2D eigenvalue weighted by molar-refractivity contribution is -0.204. The van der Waals surface area contributed by atoms with Crippen LogP contribution in [0.5, 0.6) is 0 Å². The zero-order chi connectivity index (χ0) is 23.4. The van der Waals surface area contributed by atoms with Gasteiger partial charge in [-0.25, -0.2) is 4.79 Å². The molecule has 1 atom stereocenters. The van der Waals surface area contributed by atoms with E-state index in [1.54, 1.807) is 6.92 Å². The second-order valence-electron chi connectivity index (χ2n) is 6.49. The summed E-state index contributed by atoms with van der Waals surface area (Å²) in [5.74, 6) is -3.43. The first-order chi connectivity index (χ1) is 14.3. The molecule has 1 amide bonds. The minimum atomic E-state index is -5.42. The SMILES string of the molecule is CCOC(=O)[C@@](NC(=O)c1cccc(C(F)(F)F)c1)(Nc1ccc(C)cc1)C(F)(F)F. The highest BCUT2D eigenvalue weighted by atomic mass is 19.4. The summed E-state index contributed by atoms with van der Waals surface area (Å²) in [5, 5.41) is 3.43. The normalized spacial score (nSPS) is 13.8. The predicted molar refractivity (Wildman–Crippen MR) is 99.1 cm³/mol. The summed E-state index contributed by atoms with van der Waals surface area (Å²) in [6.45, 7) is 2.51. The van der Waals surface area contributed by atoms with E-state index in [0.29, 0.717) is 17.7 Å². The number of alkyl halides is 6. The van der Waals surface area contributed by atoms with Crippen LogP contribution < -0.4 is 10.6 Å². The number of hydrogen-bond acceptors (Lipinski definition) is 4. The summed E-state index contributed by atoms with van der Waals surface area (Å²) in [6.07, 6.45) is -10.2. The molecule has 168 valence electrons. The third-order valence-corrected chi connectivity index (χ3v) is 4.14. The smallest absolute Gasteiger partial charge is 0.441 e. The highest BCUT2D eigenvalue weighted by molar-refractivity contribution is 5.99. The van der Waals surface area contributed by atoms with Crippen LogP contribution >= 0.6 is 0 Å². The number of benzene rings is 2. The molecule has 2 N–H and O–H groups in total. The molecule has 31 heavy (non-hydrogen) atoms. The third kappa shape index (κ3) is 5.47. The quantitative estimate of drug-likeness (QED) is 0.383. The van der Waals surface area contributed by atoms with Crippen molar-refractivity contribution in [3.8, 4) is 0 Å². The molecule has 0 spiro atoms. The fourth-order valence-electron chi connectivity index (χ4n) is 2.56. The molecule has 2 aromatic rings. The van der Waals surface area contributed by atoms with Crippen LogP contribution in [0.15, 0.2) is 48.5 Å². The Morgan fingerprint density at radius 1 is 0.968 bits per heavy atom. The Kier molecular flexibility index (Phi) is 6.87. The van der Waals surface area contributed by atoms with E-state index in [-0.39, 0.29) is 5.69 Å². The molecule has 0 saturated carbocycles. The van der Waals surface area contributed by atoms with Crippen LogP contribution in [-0.2, 0) is 15.7 Å². The lowest BCUT2D eigenvalue weighted by Crippen LogP contribution is -2.69. The van der Waals surface area contributed by atoms with Crippen molar-refractivity contribution < 1.29 is 40.7 Å². The van der Waals surface area contributed by atoms with Crippen molar-refractivity contribution in [1.82, 2.24) is 5.32 Å². The maximum Gasteiger partial charge on any atom is 0.441 e. The highest BCUT2D eigenvalue weighted by Gasteiger charge is 2.63. The number of amides is 1. The average Bonchev–Trinajstić information content (AvgIpc) is 2.67. The van der Waals surface area contributed by atoms with E-state index in [2.05, 4.69) is 4.74 Å². The second-order valence-corrected chi connectivity index (χ2v) is 6.49. The summed E-state index contributed by atoms with van der Waals surface area (Å²) in [7, 11) is 0. The first-order valence-electron chi connectivity index (χ1n) is 8.88. The van der Waals surface area contributed by atoms with Crippen LogP contribution in [0.4, 0.5) is 32.0 Å². The van der Waals surface area contributed by atoms with Gasteiger partial charge >= 0.3 is 24.0 Å². The van der Waals surface area contributed by atoms with Gasteiger partial charge in [0.1, 0.15) is 0 Å². The van der Waals surface area contributed by atoms with Gasteiger partial charge in [-0.2, -0.15) is 26.3 Å². The van der Waals surface area contributed by atoms with Crippen LogP contribution in [0.25, 0.3) is 0 Å². The van der Waals surface area contributed by atoms with E-state index in [4.69, 9.17) is 0 Å². The molecule has 0 bridgehead atoms. The van der Waals surface area contributed by atoms with Crippen molar-refractivity contribution in [2.45, 2.75) is 31.9 Å². The van der Waals surface area contributed by atoms with Crippen molar-refractivity contribution in [1.29, 1.82) is 0 Å². The van der Waals surface area contributed by atoms with Gasteiger partial charge in [-0.1, -0.05) is 23.8 Å². The Labute approximate surface area is 173 Å². The fraction of sp³-hybridized carbons (Fsp3) is 0.300. The molecule has 2 aromatic carbocycles. The predicted octanol–water partition coefficient (Wildman–Crippen LogP) is 4.68. The first kappa shape index (κ1) is 24.0. The van der Waals surface area contributed by atoms with Crippen LogP contribution in [0, 0.1) is 6.92 Å². The maximum atomic E-state index is 14.1. The molecule has 0 unspecified atom stereocenters. The zero-order valence-corrected chi connectivity index (χ0v) is 16.3. The Hall–Kier alpha value is -3.24. The van der Waals surface area contributed by atoms with E-state index >= 15 is 0 Å². The van der Waals surface area contributed by atoms with Gasteiger partial charge in [0.25, 0.3) is 5.91 Å². The van der Waals surface area contributed by atoms with E-state index in [1.165, 1.54) is 36.5 Å². The molecule has 0 aliphatic carbocycles. The van der Waals surface area contributed by atoms with Crippen molar-refractivity contribution in [3.05, 3.63) is 65.2 Å². The molecule has 0 saturated heterocycles. The number of rotatable bonds is 6. The Bertz CT molecular complexity index is 941. The van der Waals surface area contributed by atoms with Crippen LogP contribution in [-0.4, -0.2) is 30.3 Å². The Morgan fingerprint density at radius 3 is 2.10 bits per heavy atom. The molecule has 2 rings (SSSR count). The summed E-state index contributed by atoms with van der Waals surface area (Å²) in [4.78, 5) is 24.9. The van der Waals surface area contributed by atoms with Gasteiger partial charge in [-0.3, -0.25) is 4.79 Å². The largest absolute Gasteiger partial charge is 0.463 e. The van der Waals surface area contributed by atoms with Gasteiger partial charge in [0.2, 0.25) is 0 Å². The number of carbonyl (C=O) groups excluding carboxylic acids is 2. The number of halogens is 6. The van der Waals surface area contributed by atoms with E-state index in [9.17, 15) is 35.9 Å². The Morgan fingerprint density at radius 2 is 1.58 bits per heavy atom. The van der Waals surface area contributed by atoms with Crippen molar-refractivity contribution in [3.63, 3.8) is 0 Å². The van der Waals surface area contributed by atoms with Gasteiger partial charge in [0.05, 0.1) is 12.2 Å². The lowest BCUT2D eigenvalue weighted by atomic mass is 10.1. The van der Waals surface area contributed by atoms with Crippen LogP contribution in [0.3, 0.4) is 0 Å². The summed E-state index contributed by atoms with van der Waals surface area (Å²) >= 11 is 0. The highest BCUT2D eigenvalue weighted by Crippen LogP contribution is 2.34. The van der Waals surface area contributed by atoms with Gasteiger partial charge in [0, 0.05) is 11.3 Å². The minimum absolute atomic E-state index is 0.180. The zero-order valence-electron chi connectivity index (χ0n) is 16.3. The summed E-state index contributed by atoms with van der Waals surface area (Å²) in [5.41, 5.74) is -5.17. The number of ether oxygens (including phenoxy) is 1. The second kappa shape index (κ2) is 8.86. The lowest BCUT2D eigenvalue weighted by Gasteiger charge is -2.35. The molecule has 0 aliphatic heterocycles. The van der Waals surface area contributed by atoms with Crippen molar-refractivity contribution >= 4 is 17.6 Å². The maximum absolute atomic E-state index is 14.1. The van der Waals surface area contributed by atoms with Gasteiger partial charge in [-0.05, 0) is 44.2 Å². The van der Waals surface area contributed by atoms with Crippen LogP contribution in [0.2, 0.25) is 0 Å². The molecule has 0 fully saturated rings. The number of carbonyl (C=O) groups is 2. The Balaban J connectivity index is 2.52. The average molecular weight is 448 g/mol. The number of anilines is 1. The van der Waals surface area contributed by atoms with E-state index in [0.717, 1.165) is 12.1 Å². The number of esters is 1. The van der Waals surface area contributed by atoms with Crippen molar-refractivity contribution in [2.75, 3.05) is 11.9 Å². The molecule has 0 radical (unpaired) electrons.